The molecule has 0 bridgehead atoms. The average molecular weight is 384 g/mol. The van der Waals surface area contributed by atoms with E-state index in [1.165, 1.54) is 5.56 Å². The van der Waals surface area contributed by atoms with Gasteiger partial charge < -0.3 is 9.42 Å². The van der Waals surface area contributed by atoms with Gasteiger partial charge in [0.2, 0.25) is 11.7 Å². The molecule has 1 unspecified atom stereocenters. The highest BCUT2D eigenvalue weighted by atomic mass is 32.1. The van der Waals surface area contributed by atoms with Gasteiger partial charge in [-0.05, 0) is 43.0 Å². The standard InChI is InChI=1S/C20H25N5OS/c1-16(17-5-2-8-21-15-17)25-12-10-24(11-13-25)9-3-7-19-22-20(23-26-19)18-6-4-14-27-18/h2,4-6,8,14-16H,3,7,9-13H2,1H3. The van der Waals surface area contributed by atoms with Crippen LogP contribution in [0.3, 0.4) is 0 Å². The molecule has 0 saturated carbocycles. The van der Waals surface area contributed by atoms with Crippen LogP contribution in [0.4, 0.5) is 0 Å². The van der Waals surface area contributed by atoms with Crippen molar-refractivity contribution in [2.24, 2.45) is 0 Å². The summed E-state index contributed by atoms with van der Waals surface area (Å²) in [6.07, 6.45) is 5.70. The highest BCUT2D eigenvalue weighted by molar-refractivity contribution is 7.13. The number of nitrogens with zero attached hydrogens (tertiary/aromatic N) is 5. The van der Waals surface area contributed by atoms with Crippen LogP contribution in [0.25, 0.3) is 10.7 Å². The normalized spacial score (nSPS) is 17.2. The summed E-state index contributed by atoms with van der Waals surface area (Å²) in [7, 11) is 0. The number of piperazine rings is 1. The molecule has 142 valence electrons. The second-order valence-electron chi connectivity index (χ2n) is 6.93. The molecule has 7 heteroatoms. The van der Waals surface area contributed by atoms with E-state index in [0.717, 1.165) is 56.3 Å². The number of aromatic nitrogens is 3. The van der Waals surface area contributed by atoms with E-state index in [1.54, 1.807) is 11.3 Å². The van der Waals surface area contributed by atoms with Crippen LogP contribution in [-0.2, 0) is 6.42 Å². The van der Waals surface area contributed by atoms with Crippen LogP contribution >= 0.6 is 11.3 Å². The maximum atomic E-state index is 5.39. The molecule has 0 aliphatic carbocycles. The Morgan fingerprint density at radius 3 is 2.81 bits per heavy atom. The van der Waals surface area contributed by atoms with Gasteiger partial charge in [-0.1, -0.05) is 17.3 Å². The zero-order valence-corrected chi connectivity index (χ0v) is 16.4. The highest BCUT2D eigenvalue weighted by Crippen LogP contribution is 2.22. The summed E-state index contributed by atoms with van der Waals surface area (Å²) in [5, 5.41) is 6.11. The van der Waals surface area contributed by atoms with Crippen molar-refractivity contribution in [2.45, 2.75) is 25.8 Å². The second-order valence-corrected chi connectivity index (χ2v) is 7.88. The van der Waals surface area contributed by atoms with Crippen molar-refractivity contribution in [2.75, 3.05) is 32.7 Å². The summed E-state index contributed by atoms with van der Waals surface area (Å²) < 4.78 is 5.39. The molecule has 1 saturated heterocycles. The Morgan fingerprint density at radius 2 is 2.07 bits per heavy atom. The lowest BCUT2D eigenvalue weighted by Crippen LogP contribution is -2.47. The van der Waals surface area contributed by atoms with Crippen LogP contribution in [0.1, 0.15) is 30.8 Å². The zero-order chi connectivity index (χ0) is 18.5. The summed E-state index contributed by atoms with van der Waals surface area (Å²) in [5.74, 6) is 1.44. The number of rotatable bonds is 7. The summed E-state index contributed by atoms with van der Waals surface area (Å²) in [5.41, 5.74) is 1.30. The second kappa shape index (κ2) is 8.73. The first-order valence-corrected chi connectivity index (χ1v) is 10.4. The molecule has 27 heavy (non-hydrogen) atoms. The molecule has 3 aromatic heterocycles. The predicted octanol–water partition coefficient (Wildman–Crippen LogP) is 3.50. The maximum Gasteiger partial charge on any atom is 0.227 e. The van der Waals surface area contributed by atoms with Crippen LogP contribution in [-0.4, -0.2) is 57.6 Å². The Labute approximate surface area is 163 Å². The Balaban J connectivity index is 1.20. The van der Waals surface area contributed by atoms with Crippen molar-refractivity contribution in [1.82, 2.24) is 24.9 Å². The van der Waals surface area contributed by atoms with E-state index in [-0.39, 0.29) is 0 Å². The van der Waals surface area contributed by atoms with Crippen molar-refractivity contribution in [1.29, 1.82) is 0 Å². The van der Waals surface area contributed by atoms with Crippen LogP contribution in [0.2, 0.25) is 0 Å². The smallest absolute Gasteiger partial charge is 0.227 e. The number of hydrogen-bond acceptors (Lipinski definition) is 7. The predicted molar refractivity (Wildman–Crippen MR) is 107 cm³/mol. The van der Waals surface area contributed by atoms with Crippen LogP contribution in [0, 0.1) is 0 Å². The summed E-state index contributed by atoms with van der Waals surface area (Å²) >= 11 is 1.63. The van der Waals surface area contributed by atoms with E-state index < -0.39 is 0 Å². The molecule has 1 aliphatic heterocycles. The first kappa shape index (κ1) is 18.3. The van der Waals surface area contributed by atoms with Gasteiger partial charge >= 0.3 is 0 Å². The van der Waals surface area contributed by atoms with Gasteiger partial charge in [0, 0.05) is 51.0 Å². The van der Waals surface area contributed by atoms with Gasteiger partial charge in [-0.15, -0.1) is 11.3 Å². The summed E-state index contributed by atoms with van der Waals surface area (Å²) in [4.78, 5) is 14.9. The van der Waals surface area contributed by atoms with Gasteiger partial charge in [-0.2, -0.15) is 4.98 Å². The van der Waals surface area contributed by atoms with Crippen LogP contribution in [0.5, 0.6) is 0 Å². The Kier molecular flexibility index (Phi) is 5.91. The Hall–Kier alpha value is -2.09. The van der Waals surface area contributed by atoms with E-state index in [1.807, 2.05) is 36.0 Å². The lowest BCUT2D eigenvalue weighted by Gasteiger charge is -2.38. The fraction of sp³-hybridized carbons (Fsp3) is 0.450. The van der Waals surface area contributed by atoms with Gasteiger partial charge in [0.15, 0.2) is 0 Å². The lowest BCUT2D eigenvalue weighted by molar-refractivity contribution is 0.101. The van der Waals surface area contributed by atoms with E-state index >= 15 is 0 Å². The van der Waals surface area contributed by atoms with Gasteiger partial charge in [0.25, 0.3) is 0 Å². The molecule has 0 amide bonds. The number of thiophene rings is 1. The average Bonchev–Trinajstić information content (AvgIpc) is 3.40. The van der Waals surface area contributed by atoms with E-state index in [2.05, 4.69) is 37.9 Å². The van der Waals surface area contributed by atoms with Gasteiger partial charge in [0.1, 0.15) is 0 Å². The number of pyridine rings is 1. The molecule has 0 aromatic carbocycles. The Bertz CT molecular complexity index is 812. The van der Waals surface area contributed by atoms with Crippen molar-refractivity contribution in [3.63, 3.8) is 0 Å². The minimum absolute atomic E-state index is 0.426. The molecule has 1 atom stereocenters. The third kappa shape index (κ3) is 4.61. The highest BCUT2D eigenvalue weighted by Gasteiger charge is 2.22. The van der Waals surface area contributed by atoms with Crippen molar-refractivity contribution in [3.8, 4) is 10.7 Å². The van der Waals surface area contributed by atoms with Gasteiger partial charge in [-0.3, -0.25) is 9.88 Å². The van der Waals surface area contributed by atoms with Crippen LogP contribution < -0.4 is 0 Å². The summed E-state index contributed by atoms with van der Waals surface area (Å²) in [6.45, 7) is 7.75. The maximum absolute atomic E-state index is 5.39. The fourth-order valence-electron chi connectivity index (χ4n) is 3.52. The molecular formula is C20H25N5OS. The number of aryl methyl sites for hydroxylation is 1. The topological polar surface area (TPSA) is 58.3 Å². The monoisotopic (exact) mass is 383 g/mol. The van der Waals surface area contributed by atoms with Gasteiger partial charge in [0.05, 0.1) is 4.88 Å². The van der Waals surface area contributed by atoms with Crippen LogP contribution in [0.15, 0.2) is 46.6 Å². The molecule has 6 nitrogen and oxygen atoms in total. The SMILES string of the molecule is CC(c1cccnc1)N1CCN(CCCc2nc(-c3cccs3)no2)CC1. The zero-order valence-electron chi connectivity index (χ0n) is 15.6. The fourth-order valence-corrected chi connectivity index (χ4v) is 4.17. The molecule has 4 rings (SSSR count). The Morgan fingerprint density at radius 1 is 1.19 bits per heavy atom. The first-order valence-electron chi connectivity index (χ1n) is 9.52. The molecule has 0 radical (unpaired) electrons. The van der Waals surface area contributed by atoms with Crippen molar-refractivity contribution < 1.29 is 4.52 Å². The largest absolute Gasteiger partial charge is 0.339 e. The third-order valence-electron chi connectivity index (χ3n) is 5.20. The molecule has 0 N–H and O–H groups in total. The van der Waals surface area contributed by atoms with Crippen molar-refractivity contribution >= 4 is 11.3 Å². The van der Waals surface area contributed by atoms with Gasteiger partial charge in [-0.25, -0.2) is 0 Å². The van der Waals surface area contributed by atoms with E-state index in [4.69, 9.17) is 4.52 Å². The minimum Gasteiger partial charge on any atom is -0.339 e. The minimum atomic E-state index is 0.426. The quantitative estimate of drug-likeness (QED) is 0.622. The molecule has 3 aromatic rings. The van der Waals surface area contributed by atoms with E-state index in [9.17, 15) is 0 Å². The molecule has 4 heterocycles. The first-order chi connectivity index (χ1) is 13.3. The molecule has 0 spiro atoms. The lowest BCUT2D eigenvalue weighted by atomic mass is 10.1. The van der Waals surface area contributed by atoms with Crippen molar-refractivity contribution in [3.05, 3.63) is 53.5 Å². The summed E-state index contributed by atoms with van der Waals surface area (Å²) in [6, 6.07) is 8.63. The molecule has 1 fully saturated rings. The molecule has 1 aliphatic rings. The number of hydrogen-bond donors (Lipinski definition) is 0. The van der Waals surface area contributed by atoms with E-state index in [0.29, 0.717) is 11.9 Å². The molecular weight excluding hydrogens is 358 g/mol. The third-order valence-corrected chi connectivity index (χ3v) is 6.06.